The number of rotatable bonds is 6. The number of aromatic amines is 1. The molecule has 0 aromatic carbocycles. The van der Waals surface area contributed by atoms with E-state index in [4.69, 9.17) is 0 Å². The van der Waals surface area contributed by atoms with E-state index < -0.39 is 5.25 Å². The molecule has 0 aliphatic rings. The van der Waals surface area contributed by atoms with Gasteiger partial charge < -0.3 is 10.3 Å². The minimum Gasteiger partial charge on any atom is -0.360 e. The Kier molecular flexibility index (Phi) is 6.84. The summed E-state index contributed by atoms with van der Waals surface area (Å²) >= 11 is 3.40. The van der Waals surface area contributed by atoms with Crippen LogP contribution in [0.25, 0.3) is 12.2 Å². The van der Waals surface area contributed by atoms with Gasteiger partial charge in [0.25, 0.3) is 0 Å². The molecule has 0 radical (unpaired) electrons. The molecule has 0 spiro atoms. The van der Waals surface area contributed by atoms with Crippen molar-refractivity contribution < 1.29 is 8.78 Å². The second-order valence-corrected chi connectivity index (χ2v) is 5.83. The van der Waals surface area contributed by atoms with E-state index in [2.05, 4.69) is 36.1 Å². The molecule has 1 aromatic heterocycles. The van der Waals surface area contributed by atoms with Crippen LogP contribution in [0.5, 0.6) is 0 Å². The molecule has 0 unspecified atom stereocenters. The van der Waals surface area contributed by atoms with E-state index in [1.165, 1.54) is 6.08 Å². The van der Waals surface area contributed by atoms with E-state index >= 15 is 0 Å². The van der Waals surface area contributed by atoms with E-state index in [-0.39, 0.29) is 5.57 Å². The number of hydrogen-bond acceptors (Lipinski definition) is 2. The highest BCUT2D eigenvalue weighted by molar-refractivity contribution is 7.81. The van der Waals surface area contributed by atoms with Crippen LogP contribution in [0.2, 0.25) is 0 Å². The second kappa shape index (κ2) is 8.20. The number of halogens is 2. The van der Waals surface area contributed by atoms with Crippen LogP contribution in [-0.2, 0) is 0 Å². The Morgan fingerprint density at radius 3 is 2.38 bits per heavy atom. The molecular formula is C19H24F2N2S. The fraction of sp³-hybridized carbons (Fsp3) is 0.263. The number of nitrogens with one attached hydrogen (secondary N) is 2. The van der Waals surface area contributed by atoms with Gasteiger partial charge >= 0.3 is 5.25 Å². The number of allylic oxidation sites excluding steroid dienone is 4. The molecule has 0 saturated heterocycles. The van der Waals surface area contributed by atoms with Crippen molar-refractivity contribution in [2.45, 2.75) is 32.9 Å². The largest absolute Gasteiger partial charge is 0.360 e. The van der Waals surface area contributed by atoms with Crippen LogP contribution in [0.15, 0.2) is 53.9 Å². The highest BCUT2D eigenvalue weighted by Crippen LogP contribution is 2.33. The monoisotopic (exact) mass is 350 g/mol. The molecule has 0 amide bonds. The van der Waals surface area contributed by atoms with Gasteiger partial charge in [0.15, 0.2) is 0 Å². The first-order valence-electron chi connectivity index (χ1n) is 7.57. The standard InChI is InChI=1S/C19H24F2N2S/c1-7-10-15(8-2)13(5)23-17-11-22-14(6)18(17)12(4)16(9-3)19(20,21)24/h7-11,22-24H,5-6H2,1-4H3/b10-7-,15-8+,16-9+,18-12+. The Labute approximate surface area is 147 Å². The molecule has 0 bridgehead atoms. The average Bonchev–Trinajstić information content (AvgIpc) is 2.84. The molecule has 1 rings (SSSR count). The number of aromatic nitrogens is 1. The van der Waals surface area contributed by atoms with Gasteiger partial charge in [-0.15, -0.1) is 12.6 Å². The molecule has 1 aromatic rings. The molecule has 0 saturated carbocycles. The van der Waals surface area contributed by atoms with Crippen LogP contribution in [0.3, 0.4) is 0 Å². The number of thiol groups is 1. The normalized spacial score (nSPS) is 15.0. The van der Waals surface area contributed by atoms with E-state index in [9.17, 15) is 8.78 Å². The summed E-state index contributed by atoms with van der Waals surface area (Å²) in [5.41, 5.74) is 2.49. The number of hydrogen-bond donors (Lipinski definition) is 3. The molecule has 5 heteroatoms. The number of alkyl halides is 2. The summed E-state index contributed by atoms with van der Waals surface area (Å²) < 4.78 is 27.5. The quantitative estimate of drug-likeness (QED) is 0.511. The summed E-state index contributed by atoms with van der Waals surface area (Å²) in [6.45, 7) is 14.9. The molecule has 0 aliphatic heterocycles. The van der Waals surface area contributed by atoms with Gasteiger partial charge in [0, 0.05) is 28.0 Å². The van der Waals surface area contributed by atoms with E-state index in [0.29, 0.717) is 27.5 Å². The SMILES string of the molecule is C=C(Nc1c[nH]c(=C)/c1=C(C)\C(=C/C)C(F)(F)S)C(/C=C\C)=C/C. The van der Waals surface area contributed by atoms with Crippen molar-refractivity contribution in [2.24, 2.45) is 0 Å². The lowest BCUT2D eigenvalue weighted by molar-refractivity contribution is 0.156. The highest BCUT2D eigenvalue weighted by atomic mass is 32.1. The van der Waals surface area contributed by atoms with Crippen LogP contribution in [-0.4, -0.2) is 10.2 Å². The Hall–Kier alpha value is -2.01. The van der Waals surface area contributed by atoms with Crippen molar-refractivity contribution in [3.8, 4) is 0 Å². The summed E-state index contributed by atoms with van der Waals surface area (Å²) in [5.74, 6) is 0. The Morgan fingerprint density at radius 1 is 1.29 bits per heavy atom. The van der Waals surface area contributed by atoms with Crippen LogP contribution in [0, 0.1) is 0 Å². The van der Waals surface area contributed by atoms with Gasteiger partial charge in [-0.3, -0.25) is 0 Å². The third kappa shape index (κ3) is 4.51. The smallest absolute Gasteiger partial charge is 0.316 e. The van der Waals surface area contributed by atoms with Gasteiger partial charge in [-0.05, 0) is 38.8 Å². The lowest BCUT2D eigenvalue weighted by Gasteiger charge is -2.15. The lowest BCUT2D eigenvalue weighted by atomic mass is 10.0. The maximum absolute atomic E-state index is 13.7. The molecule has 2 nitrogen and oxygen atoms in total. The zero-order valence-corrected chi connectivity index (χ0v) is 15.4. The van der Waals surface area contributed by atoms with Crippen molar-refractivity contribution in [2.75, 3.05) is 5.32 Å². The van der Waals surface area contributed by atoms with Gasteiger partial charge in [-0.2, -0.15) is 8.78 Å². The van der Waals surface area contributed by atoms with Gasteiger partial charge in [-0.1, -0.05) is 37.5 Å². The maximum atomic E-state index is 13.7. The van der Waals surface area contributed by atoms with Crippen LogP contribution in [0.4, 0.5) is 14.5 Å². The van der Waals surface area contributed by atoms with Crippen molar-refractivity contribution in [3.05, 3.63) is 64.5 Å². The predicted molar refractivity (Wildman–Crippen MR) is 104 cm³/mol. The summed E-state index contributed by atoms with van der Waals surface area (Å²) in [5, 5.41) is 1.09. The molecule has 24 heavy (non-hydrogen) atoms. The van der Waals surface area contributed by atoms with E-state index in [0.717, 1.165) is 5.57 Å². The predicted octanol–water partition coefficient (Wildman–Crippen LogP) is 4.51. The molecule has 2 N–H and O–H groups in total. The first-order valence-corrected chi connectivity index (χ1v) is 8.01. The Balaban J connectivity index is 3.46. The van der Waals surface area contributed by atoms with Gasteiger partial charge in [0.05, 0.1) is 5.69 Å². The zero-order valence-electron chi connectivity index (χ0n) is 14.5. The third-order valence-electron chi connectivity index (χ3n) is 3.64. The zero-order chi connectivity index (χ0) is 18.5. The van der Waals surface area contributed by atoms with E-state index in [1.54, 1.807) is 20.0 Å². The van der Waals surface area contributed by atoms with Crippen LogP contribution < -0.4 is 15.9 Å². The number of anilines is 1. The van der Waals surface area contributed by atoms with Crippen molar-refractivity contribution in [3.63, 3.8) is 0 Å². The number of H-pyrrole nitrogens is 1. The first-order chi connectivity index (χ1) is 11.2. The van der Waals surface area contributed by atoms with Gasteiger partial charge in [0.1, 0.15) is 0 Å². The van der Waals surface area contributed by atoms with Crippen LogP contribution in [0.1, 0.15) is 27.7 Å². The Bertz CT molecular complexity index is 805. The van der Waals surface area contributed by atoms with Crippen LogP contribution >= 0.6 is 12.6 Å². The minimum absolute atomic E-state index is 0.149. The lowest BCUT2D eigenvalue weighted by Crippen LogP contribution is -2.28. The third-order valence-corrected chi connectivity index (χ3v) is 3.89. The second-order valence-electron chi connectivity index (χ2n) is 5.27. The summed E-state index contributed by atoms with van der Waals surface area (Å²) in [4.78, 5) is 2.97. The van der Waals surface area contributed by atoms with Crippen molar-refractivity contribution >= 4 is 30.5 Å². The van der Waals surface area contributed by atoms with E-state index in [1.807, 2.05) is 32.1 Å². The fourth-order valence-electron chi connectivity index (χ4n) is 2.53. The molecule has 1 heterocycles. The maximum Gasteiger partial charge on any atom is 0.316 e. The molecule has 0 fully saturated rings. The molecular weight excluding hydrogens is 326 g/mol. The topological polar surface area (TPSA) is 27.8 Å². The van der Waals surface area contributed by atoms with Crippen molar-refractivity contribution in [1.82, 2.24) is 4.98 Å². The summed E-state index contributed by atoms with van der Waals surface area (Å²) in [6, 6.07) is 0. The average molecular weight is 350 g/mol. The molecule has 0 aliphatic carbocycles. The molecule has 0 atom stereocenters. The molecule has 130 valence electrons. The highest BCUT2D eigenvalue weighted by Gasteiger charge is 2.30. The van der Waals surface area contributed by atoms with Gasteiger partial charge in [0.2, 0.25) is 0 Å². The first kappa shape index (κ1) is 20.0. The fourth-order valence-corrected chi connectivity index (χ4v) is 2.83. The summed E-state index contributed by atoms with van der Waals surface area (Å²) in [7, 11) is 0. The van der Waals surface area contributed by atoms with Crippen molar-refractivity contribution in [1.29, 1.82) is 0 Å². The Morgan fingerprint density at radius 2 is 1.92 bits per heavy atom. The summed E-state index contributed by atoms with van der Waals surface area (Å²) in [6.07, 6.45) is 8.80. The minimum atomic E-state index is -3.23. The van der Waals surface area contributed by atoms with Gasteiger partial charge in [-0.25, -0.2) is 0 Å².